The van der Waals surface area contributed by atoms with E-state index in [2.05, 4.69) is 5.32 Å². The first-order valence-corrected chi connectivity index (χ1v) is 7.50. The minimum Gasteiger partial charge on any atom is -0.387 e. The summed E-state index contributed by atoms with van der Waals surface area (Å²) in [5, 5.41) is 13.2. The molecule has 2 rings (SSSR count). The van der Waals surface area contributed by atoms with Gasteiger partial charge in [-0.2, -0.15) is 0 Å². The van der Waals surface area contributed by atoms with Gasteiger partial charge < -0.3 is 15.2 Å². The Labute approximate surface area is 134 Å². The number of ether oxygens (including phenoxy) is 1. The van der Waals surface area contributed by atoms with E-state index >= 15 is 0 Å². The lowest BCUT2D eigenvalue weighted by Gasteiger charge is -2.21. The minimum absolute atomic E-state index is 0.0404. The first kappa shape index (κ1) is 17.5. The molecular formula is C18H21F2NO2. The highest BCUT2D eigenvalue weighted by atomic mass is 19.1. The Morgan fingerprint density at radius 2 is 1.70 bits per heavy atom. The zero-order valence-electron chi connectivity index (χ0n) is 13.0. The van der Waals surface area contributed by atoms with E-state index in [1.54, 1.807) is 7.11 Å². The first-order valence-electron chi connectivity index (χ1n) is 7.50. The van der Waals surface area contributed by atoms with Gasteiger partial charge in [-0.3, -0.25) is 0 Å². The van der Waals surface area contributed by atoms with Gasteiger partial charge in [-0.1, -0.05) is 36.4 Å². The number of hydrogen-bond donors (Lipinski definition) is 2. The summed E-state index contributed by atoms with van der Waals surface area (Å²) in [4.78, 5) is 0. The van der Waals surface area contributed by atoms with E-state index in [0.717, 1.165) is 17.7 Å². The van der Waals surface area contributed by atoms with Crippen LogP contribution in [0.25, 0.3) is 0 Å². The molecule has 23 heavy (non-hydrogen) atoms. The average Bonchev–Trinajstić information content (AvgIpc) is 2.53. The maximum Gasteiger partial charge on any atom is 0.131 e. The van der Waals surface area contributed by atoms with Crippen molar-refractivity contribution in [2.45, 2.75) is 18.6 Å². The molecule has 0 saturated heterocycles. The number of hydrogen-bond acceptors (Lipinski definition) is 3. The van der Waals surface area contributed by atoms with Gasteiger partial charge in [-0.25, -0.2) is 8.78 Å². The smallest absolute Gasteiger partial charge is 0.131 e. The van der Waals surface area contributed by atoms with Gasteiger partial charge >= 0.3 is 0 Å². The zero-order valence-corrected chi connectivity index (χ0v) is 13.0. The van der Waals surface area contributed by atoms with Crippen LogP contribution in [-0.4, -0.2) is 31.4 Å². The molecule has 0 bridgehead atoms. The van der Waals surface area contributed by atoms with Crippen LogP contribution in [-0.2, 0) is 11.2 Å². The third-order valence-corrected chi connectivity index (χ3v) is 3.63. The van der Waals surface area contributed by atoms with Gasteiger partial charge in [0.25, 0.3) is 0 Å². The van der Waals surface area contributed by atoms with Gasteiger partial charge in [0, 0.05) is 19.7 Å². The average molecular weight is 321 g/mol. The van der Waals surface area contributed by atoms with Crippen molar-refractivity contribution < 1.29 is 18.6 Å². The van der Waals surface area contributed by atoms with Gasteiger partial charge in [0.2, 0.25) is 0 Å². The lowest BCUT2D eigenvalue weighted by Crippen LogP contribution is -2.38. The second-order valence-corrected chi connectivity index (χ2v) is 5.40. The topological polar surface area (TPSA) is 41.5 Å². The normalized spacial score (nSPS) is 13.7. The van der Waals surface area contributed by atoms with E-state index in [0.29, 0.717) is 13.0 Å². The van der Waals surface area contributed by atoms with Crippen LogP contribution in [0.5, 0.6) is 0 Å². The highest BCUT2D eigenvalue weighted by Crippen LogP contribution is 2.20. The van der Waals surface area contributed by atoms with Gasteiger partial charge in [0.05, 0.1) is 18.3 Å². The summed E-state index contributed by atoms with van der Waals surface area (Å²) >= 11 is 0. The highest BCUT2D eigenvalue weighted by molar-refractivity contribution is 5.22. The Morgan fingerprint density at radius 3 is 2.30 bits per heavy atom. The maximum atomic E-state index is 13.7. The Hall–Kier alpha value is -1.82. The summed E-state index contributed by atoms with van der Waals surface area (Å²) in [6.45, 7) is 0.472. The standard InChI is InChI=1S/C18H21F2NO2/c1-23-12-14(10-13-6-3-2-4-7-13)21-11-17(22)18-15(19)8-5-9-16(18)20/h2-9,14,17,21-22H,10-12H2,1H3. The molecule has 2 aromatic rings. The van der Waals surface area contributed by atoms with E-state index in [4.69, 9.17) is 4.74 Å². The second-order valence-electron chi connectivity index (χ2n) is 5.40. The quantitative estimate of drug-likeness (QED) is 0.785. The molecule has 0 heterocycles. The van der Waals surface area contributed by atoms with E-state index in [-0.39, 0.29) is 18.2 Å². The Balaban J connectivity index is 1.98. The summed E-state index contributed by atoms with van der Waals surface area (Å²) in [5.74, 6) is -1.49. The van der Waals surface area contributed by atoms with E-state index in [9.17, 15) is 13.9 Å². The van der Waals surface area contributed by atoms with Gasteiger partial charge in [-0.05, 0) is 24.1 Å². The van der Waals surface area contributed by atoms with Crippen molar-refractivity contribution in [1.29, 1.82) is 0 Å². The van der Waals surface area contributed by atoms with Crippen LogP contribution >= 0.6 is 0 Å². The molecule has 2 aromatic carbocycles. The molecule has 0 aliphatic rings. The first-order chi connectivity index (χ1) is 11.1. The summed E-state index contributed by atoms with van der Waals surface area (Å²) < 4.78 is 32.5. The van der Waals surface area contributed by atoms with Crippen LogP contribution in [0.3, 0.4) is 0 Å². The molecule has 2 N–H and O–H groups in total. The van der Waals surface area contributed by atoms with Crippen molar-refractivity contribution in [3.63, 3.8) is 0 Å². The van der Waals surface area contributed by atoms with Crippen molar-refractivity contribution in [3.05, 3.63) is 71.3 Å². The number of aliphatic hydroxyl groups excluding tert-OH is 1. The monoisotopic (exact) mass is 321 g/mol. The lowest BCUT2D eigenvalue weighted by atomic mass is 10.0. The fourth-order valence-electron chi connectivity index (χ4n) is 2.50. The van der Waals surface area contributed by atoms with E-state index in [1.807, 2.05) is 30.3 Å². The molecule has 0 radical (unpaired) electrons. The van der Waals surface area contributed by atoms with E-state index in [1.165, 1.54) is 6.07 Å². The molecule has 0 fully saturated rings. The Kier molecular flexibility index (Phi) is 6.65. The number of aliphatic hydroxyl groups is 1. The van der Waals surface area contributed by atoms with E-state index < -0.39 is 17.7 Å². The van der Waals surface area contributed by atoms with Gasteiger partial charge in [0.1, 0.15) is 11.6 Å². The third-order valence-electron chi connectivity index (χ3n) is 3.63. The number of benzene rings is 2. The summed E-state index contributed by atoms with van der Waals surface area (Å²) in [6, 6.07) is 13.3. The molecule has 3 nitrogen and oxygen atoms in total. The SMILES string of the molecule is COCC(Cc1ccccc1)NCC(O)c1c(F)cccc1F. The zero-order chi connectivity index (χ0) is 16.7. The number of rotatable bonds is 8. The maximum absolute atomic E-state index is 13.7. The lowest BCUT2D eigenvalue weighted by molar-refractivity contribution is 0.134. The Bertz CT molecular complexity index is 587. The van der Waals surface area contributed by atoms with Crippen LogP contribution in [0.4, 0.5) is 8.78 Å². The molecule has 0 aliphatic carbocycles. The van der Waals surface area contributed by atoms with Gasteiger partial charge in [-0.15, -0.1) is 0 Å². The molecule has 0 spiro atoms. The van der Waals surface area contributed by atoms with Crippen molar-refractivity contribution in [2.75, 3.05) is 20.3 Å². The van der Waals surface area contributed by atoms with Crippen LogP contribution in [0.2, 0.25) is 0 Å². The number of methoxy groups -OCH3 is 1. The number of nitrogens with one attached hydrogen (secondary N) is 1. The highest BCUT2D eigenvalue weighted by Gasteiger charge is 2.19. The van der Waals surface area contributed by atoms with Crippen molar-refractivity contribution in [3.8, 4) is 0 Å². The predicted molar refractivity (Wildman–Crippen MR) is 85.1 cm³/mol. The van der Waals surface area contributed by atoms with Crippen molar-refractivity contribution >= 4 is 0 Å². The molecule has 0 aliphatic heterocycles. The molecule has 0 amide bonds. The van der Waals surface area contributed by atoms with Crippen LogP contribution in [0, 0.1) is 11.6 Å². The molecule has 2 unspecified atom stereocenters. The molecule has 0 saturated carbocycles. The Morgan fingerprint density at radius 1 is 1.04 bits per heavy atom. The van der Waals surface area contributed by atoms with Crippen molar-refractivity contribution in [1.82, 2.24) is 5.32 Å². The fourth-order valence-corrected chi connectivity index (χ4v) is 2.50. The largest absolute Gasteiger partial charge is 0.387 e. The fraction of sp³-hybridized carbons (Fsp3) is 0.333. The second kappa shape index (κ2) is 8.72. The third kappa shape index (κ3) is 5.10. The molecule has 2 atom stereocenters. The summed E-state index contributed by atoms with van der Waals surface area (Å²) in [5.41, 5.74) is 0.810. The molecular weight excluding hydrogens is 300 g/mol. The molecule has 0 aromatic heterocycles. The predicted octanol–water partition coefficient (Wildman–Crippen LogP) is 2.85. The van der Waals surface area contributed by atoms with Crippen LogP contribution < -0.4 is 5.32 Å². The summed E-state index contributed by atoms with van der Waals surface area (Å²) in [7, 11) is 1.59. The molecule has 5 heteroatoms. The van der Waals surface area contributed by atoms with Gasteiger partial charge in [0.15, 0.2) is 0 Å². The molecule has 124 valence electrons. The minimum atomic E-state index is -1.26. The van der Waals surface area contributed by atoms with Crippen LogP contribution in [0.1, 0.15) is 17.2 Å². The number of halogens is 2. The van der Waals surface area contributed by atoms with Crippen LogP contribution in [0.15, 0.2) is 48.5 Å². The van der Waals surface area contributed by atoms with Crippen molar-refractivity contribution in [2.24, 2.45) is 0 Å². The summed E-state index contributed by atoms with van der Waals surface area (Å²) in [6.07, 6.45) is -0.562.